The van der Waals surface area contributed by atoms with E-state index in [-0.39, 0.29) is 10.9 Å². The van der Waals surface area contributed by atoms with Crippen LogP contribution in [0.2, 0.25) is 5.02 Å². The largest absolute Gasteiger partial charge is 0.322 e. The van der Waals surface area contributed by atoms with Crippen molar-refractivity contribution in [3.8, 4) is 0 Å². The van der Waals surface area contributed by atoms with Gasteiger partial charge in [-0.15, -0.1) is 11.8 Å². The van der Waals surface area contributed by atoms with Gasteiger partial charge in [0, 0.05) is 33.5 Å². The predicted molar refractivity (Wildman–Crippen MR) is 108 cm³/mol. The summed E-state index contributed by atoms with van der Waals surface area (Å²) in [5.41, 5.74) is 1.47. The number of carbonyl (C=O) groups is 1. The quantitative estimate of drug-likeness (QED) is 0.429. The standard InChI is InChI=1S/C21H19ClF3NOS/c1-11-5-12(2)7-15(6-11)28-19-8-13(3-4-16(19)22)21(27)26-14-9-17(23)20(25)18(24)10-14/h3-4,6,8-10,12,15H,5,7H2,1-2H3,(H,26,27). The maximum atomic E-state index is 13.3. The van der Waals surface area contributed by atoms with Crippen LogP contribution in [0.15, 0.2) is 46.9 Å². The van der Waals surface area contributed by atoms with Crippen LogP contribution in [-0.2, 0) is 0 Å². The Balaban J connectivity index is 1.79. The van der Waals surface area contributed by atoms with Crippen molar-refractivity contribution in [1.29, 1.82) is 0 Å². The lowest BCUT2D eigenvalue weighted by atomic mass is 9.91. The number of halogens is 4. The third-order valence-electron chi connectivity index (χ3n) is 4.49. The first-order valence-electron chi connectivity index (χ1n) is 8.82. The summed E-state index contributed by atoms with van der Waals surface area (Å²) < 4.78 is 39.7. The number of benzene rings is 2. The molecular weight excluding hydrogens is 407 g/mol. The molecule has 1 aliphatic rings. The van der Waals surface area contributed by atoms with Gasteiger partial charge in [-0.2, -0.15) is 0 Å². The number of rotatable bonds is 4. The first kappa shape index (κ1) is 20.8. The molecule has 0 aliphatic heterocycles. The van der Waals surface area contributed by atoms with Gasteiger partial charge in [-0.25, -0.2) is 13.2 Å². The van der Waals surface area contributed by atoms with Gasteiger partial charge in [-0.3, -0.25) is 4.79 Å². The fourth-order valence-corrected chi connectivity index (χ4v) is 4.97. The predicted octanol–water partition coefficient (Wildman–Crippen LogP) is 6.85. The molecule has 1 aliphatic carbocycles. The molecule has 1 N–H and O–H groups in total. The number of hydrogen-bond acceptors (Lipinski definition) is 2. The number of thioether (sulfide) groups is 1. The van der Waals surface area contributed by atoms with Gasteiger partial charge in [0.1, 0.15) is 0 Å². The Morgan fingerprint density at radius 1 is 1.18 bits per heavy atom. The first-order chi connectivity index (χ1) is 13.2. The van der Waals surface area contributed by atoms with Crippen LogP contribution in [0.25, 0.3) is 0 Å². The van der Waals surface area contributed by atoms with Crippen LogP contribution in [0, 0.1) is 23.4 Å². The summed E-state index contributed by atoms with van der Waals surface area (Å²) in [6.45, 7) is 4.31. The highest BCUT2D eigenvalue weighted by molar-refractivity contribution is 8.00. The van der Waals surface area contributed by atoms with Gasteiger partial charge in [0.05, 0.1) is 5.02 Å². The summed E-state index contributed by atoms with van der Waals surface area (Å²) in [5.74, 6) is -4.29. The normalized spacial score (nSPS) is 19.3. The van der Waals surface area contributed by atoms with E-state index in [1.807, 2.05) is 0 Å². The van der Waals surface area contributed by atoms with E-state index in [9.17, 15) is 18.0 Å². The van der Waals surface area contributed by atoms with E-state index in [0.29, 0.717) is 16.5 Å². The molecule has 1 amide bonds. The fourth-order valence-electron chi connectivity index (χ4n) is 3.29. The van der Waals surface area contributed by atoms with Gasteiger partial charge in [0.2, 0.25) is 0 Å². The van der Waals surface area contributed by atoms with Crippen LogP contribution in [0.5, 0.6) is 0 Å². The second kappa shape index (κ2) is 8.62. The Hall–Kier alpha value is -1.92. The van der Waals surface area contributed by atoms with Gasteiger partial charge in [-0.1, -0.05) is 30.2 Å². The molecule has 7 heteroatoms. The Bertz CT molecular complexity index is 924. The van der Waals surface area contributed by atoms with E-state index >= 15 is 0 Å². The Morgan fingerprint density at radius 3 is 2.50 bits per heavy atom. The average Bonchev–Trinajstić information content (AvgIpc) is 2.60. The number of allylic oxidation sites excluding steroid dienone is 1. The zero-order valence-electron chi connectivity index (χ0n) is 15.4. The average molecular weight is 426 g/mol. The van der Waals surface area contributed by atoms with Gasteiger partial charge in [0.25, 0.3) is 5.91 Å². The van der Waals surface area contributed by atoms with Crippen molar-refractivity contribution < 1.29 is 18.0 Å². The molecule has 0 radical (unpaired) electrons. The van der Waals surface area contributed by atoms with Crippen LogP contribution in [0.1, 0.15) is 37.0 Å². The minimum atomic E-state index is -1.58. The number of carbonyl (C=O) groups excluding carboxylic acids is 1. The number of hydrogen-bond donors (Lipinski definition) is 1. The van der Waals surface area contributed by atoms with E-state index in [0.717, 1.165) is 29.9 Å². The molecule has 0 spiro atoms. The minimum absolute atomic E-state index is 0.162. The molecule has 2 aromatic carbocycles. The molecule has 28 heavy (non-hydrogen) atoms. The lowest BCUT2D eigenvalue weighted by Gasteiger charge is -2.24. The highest BCUT2D eigenvalue weighted by Gasteiger charge is 2.20. The van der Waals surface area contributed by atoms with Crippen molar-refractivity contribution in [2.75, 3.05) is 5.32 Å². The molecule has 0 heterocycles. The van der Waals surface area contributed by atoms with Gasteiger partial charge < -0.3 is 5.32 Å². The summed E-state index contributed by atoms with van der Waals surface area (Å²) in [7, 11) is 0. The van der Waals surface area contributed by atoms with E-state index in [1.165, 1.54) is 11.6 Å². The second-order valence-corrected chi connectivity index (χ2v) is 8.76. The molecule has 0 bridgehead atoms. The molecule has 0 saturated heterocycles. The van der Waals surface area contributed by atoms with Crippen LogP contribution in [0.3, 0.4) is 0 Å². The summed E-state index contributed by atoms with van der Waals surface area (Å²) in [5, 5.41) is 3.18. The highest BCUT2D eigenvalue weighted by Crippen LogP contribution is 2.38. The number of anilines is 1. The Labute approximate surface area is 171 Å². The summed E-state index contributed by atoms with van der Waals surface area (Å²) in [4.78, 5) is 13.2. The Kier molecular flexibility index (Phi) is 6.40. The number of nitrogens with one attached hydrogen (secondary N) is 1. The molecule has 0 aromatic heterocycles. The summed E-state index contributed by atoms with van der Waals surface area (Å²) >= 11 is 7.88. The van der Waals surface area contributed by atoms with Crippen molar-refractivity contribution in [1.82, 2.24) is 0 Å². The molecule has 3 rings (SSSR count). The monoisotopic (exact) mass is 425 g/mol. The van der Waals surface area contributed by atoms with Crippen molar-refractivity contribution >= 4 is 35.0 Å². The third-order valence-corrected chi connectivity index (χ3v) is 6.15. The third kappa shape index (κ3) is 4.92. The molecule has 2 nitrogen and oxygen atoms in total. The minimum Gasteiger partial charge on any atom is -0.322 e. The molecule has 2 aromatic rings. The topological polar surface area (TPSA) is 29.1 Å². The second-order valence-electron chi connectivity index (χ2n) is 7.07. The molecule has 148 valence electrons. The van der Waals surface area contributed by atoms with Crippen LogP contribution >= 0.6 is 23.4 Å². The molecule has 2 atom stereocenters. The van der Waals surface area contributed by atoms with Crippen LogP contribution in [0.4, 0.5) is 18.9 Å². The van der Waals surface area contributed by atoms with Crippen molar-refractivity contribution in [3.63, 3.8) is 0 Å². The Morgan fingerprint density at radius 2 is 1.86 bits per heavy atom. The molecule has 0 saturated carbocycles. The molecular formula is C21H19ClF3NOS. The smallest absolute Gasteiger partial charge is 0.255 e. The van der Waals surface area contributed by atoms with Gasteiger partial charge in [0.15, 0.2) is 17.5 Å². The summed E-state index contributed by atoms with van der Waals surface area (Å²) in [6, 6.07) is 6.27. The van der Waals surface area contributed by atoms with Crippen molar-refractivity contribution in [2.45, 2.75) is 36.8 Å². The van der Waals surface area contributed by atoms with Crippen molar-refractivity contribution in [2.24, 2.45) is 5.92 Å². The van der Waals surface area contributed by atoms with E-state index in [2.05, 4.69) is 25.2 Å². The van der Waals surface area contributed by atoms with Gasteiger partial charge in [-0.05, 0) is 43.9 Å². The zero-order valence-corrected chi connectivity index (χ0v) is 16.9. The molecule has 2 unspecified atom stereocenters. The zero-order chi connectivity index (χ0) is 20.4. The highest BCUT2D eigenvalue weighted by atomic mass is 35.5. The van der Waals surface area contributed by atoms with Crippen LogP contribution in [-0.4, -0.2) is 11.2 Å². The maximum Gasteiger partial charge on any atom is 0.255 e. The first-order valence-corrected chi connectivity index (χ1v) is 10.1. The SMILES string of the molecule is CC1=CC(Sc2cc(C(=O)Nc3cc(F)c(F)c(F)c3)ccc2Cl)CC(C)C1. The van der Waals surface area contributed by atoms with Crippen molar-refractivity contribution in [3.05, 3.63) is 70.0 Å². The van der Waals surface area contributed by atoms with E-state index < -0.39 is 23.4 Å². The lowest BCUT2D eigenvalue weighted by molar-refractivity contribution is 0.102. The fraction of sp³-hybridized carbons (Fsp3) is 0.286. The number of amides is 1. The lowest BCUT2D eigenvalue weighted by Crippen LogP contribution is -2.14. The van der Waals surface area contributed by atoms with E-state index in [1.54, 1.807) is 23.9 Å². The molecule has 0 fully saturated rings. The van der Waals surface area contributed by atoms with Gasteiger partial charge >= 0.3 is 0 Å². The maximum absolute atomic E-state index is 13.3. The van der Waals surface area contributed by atoms with E-state index in [4.69, 9.17) is 11.6 Å². The van der Waals surface area contributed by atoms with Crippen LogP contribution < -0.4 is 5.32 Å². The summed E-state index contributed by atoms with van der Waals surface area (Å²) in [6.07, 6.45) is 4.32.